The second-order valence-corrected chi connectivity index (χ2v) is 5.48. The van der Waals surface area contributed by atoms with Crippen molar-refractivity contribution in [2.45, 2.75) is 19.4 Å². The lowest BCUT2D eigenvalue weighted by molar-refractivity contribution is 0.0887. The number of nitrogens with zero attached hydrogens (tertiary/aromatic N) is 2. The molecule has 0 spiro atoms. The van der Waals surface area contributed by atoms with Crippen molar-refractivity contribution < 1.29 is 4.79 Å². The second kappa shape index (κ2) is 4.69. The van der Waals surface area contributed by atoms with Gasteiger partial charge in [0, 0.05) is 34.9 Å². The Morgan fingerprint density at radius 3 is 3.11 bits per heavy atom. The molecule has 0 bridgehead atoms. The zero-order valence-electron chi connectivity index (χ0n) is 9.84. The molecule has 0 aliphatic heterocycles. The highest BCUT2D eigenvalue weighted by Gasteiger charge is 2.28. The second-order valence-electron chi connectivity index (χ2n) is 4.63. The van der Waals surface area contributed by atoms with Gasteiger partial charge in [-0.3, -0.25) is 4.79 Å². The monoisotopic (exact) mass is 304 g/mol. The van der Waals surface area contributed by atoms with Gasteiger partial charge < -0.3 is 4.57 Å². The van der Waals surface area contributed by atoms with Crippen LogP contribution < -0.4 is 0 Å². The van der Waals surface area contributed by atoms with Crippen molar-refractivity contribution in [3.8, 4) is 0 Å². The molecule has 0 saturated heterocycles. The Bertz CT molecular complexity index is 577. The van der Waals surface area contributed by atoms with Gasteiger partial charge in [0.1, 0.15) is 0 Å². The maximum absolute atomic E-state index is 12.4. The molecule has 2 aromatic rings. The number of ketones is 1. The van der Waals surface area contributed by atoms with Crippen molar-refractivity contribution in [3.63, 3.8) is 0 Å². The molecule has 0 amide bonds. The summed E-state index contributed by atoms with van der Waals surface area (Å²) in [6, 6.07) is 5.87. The fourth-order valence-corrected chi connectivity index (χ4v) is 3.10. The molecule has 1 atom stereocenters. The zero-order chi connectivity index (χ0) is 12.5. The Labute approximate surface area is 114 Å². The normalized spacial score (nSPS) is 18.7. The minimum atomic E-state index is 0.0704. The van der Waals surface area contributed by atoms with E-state index in [0.29, 0.717) is 0 Å². The Morgan fingerprint density at radius 1 is 1.44 bits per heavy atom. The quantitative estimate of drug-likeness (QED) is 0.854. The summed E-state index contributed by atoms with van der Waals surface area (Å²) in [7, 11) is 0. The van der Waals surface area contributed by atoms with Crippen molar-refractivity contribution in [2.24, 2.45) is 5.92 Å². The smallest absolute Gasteiger partial charge is 0.168 e. The van der Waals surface area contributed by atoms with Gasteiger partial charge in [0.05, 0.1) is 6.33 Å². The number of halogens is 1. The van der Waals surface area contributed by atoms with Gasteiger partial charge in [-0.25, -0.2) is 4.98 Å². The molecular weight excluding hydrogens is 292 g/mol. The minimum absolute atomic E-state index is 0.0704. The molecule has 1 aromatic carbocycles. The predicted molar refractivity (Wildman–Crippen MR) is 72.5 cm³/mol. The van der Waals surface area contributed by atoms with Gasteiger partial charge in [0.25, 0.3) is 0 Å². The molecule has 92 valence electrons. The molecular formula is C14H13BrN2O. The number of Topliss-reactive ketones (excluding diaryl/α,β-unsaturated/α-hetero) is 1. The average Bonchev–Trinajstić information content (AvgIpc) is 2.86. The molecule has 3 rings (SSSR count). The van der Waals surface area contributed by atoms with E-state index >= 15 is 0 Å². The summed E-state index contributed by atoms with van der Waals surface area (Å²) in [5, 5.41) is 0. The largest absolute Gasteiger partial charge is 0.337 e. The maximum atomic E-state index is 12.4. The zero-order valence-corrected chi connectivity index (χ0v) is 11.4. The predicted octanol–water partition coefficient (Wildman–Crippen LogP) is 3.09. The van der Waals surface area contributed by atoms with Crippen LogP contribution in [0.5, 0.6) is 0 Å². The number of imidazole rings is 1. The van der Waals surface area contributed by atoms with E-state index in [2.05, 4.69) is 20.9 Å². The van der Waals surface area contributed by atoms with Gasteiger partial charge >= 0.3 is 0 Å². The first-order valence-electron chi connectivity index (χ1n) is 6.03. The van der Waals surface area contributed by atoms with Crippen LogP contribution >= 0.6 is 15.9 Å². The Balaban J connectivity index is 1.88. The lowest BCUT2D eigenvalue weighted by Crippen LogP contribution is -2.26. The molecule has 1 aliphatic rings. The fraction of sp³-hybridized carbons (Fsp3) is 0.286. The van der Waals surface area contributed by atoms with E-state index in [-0.39, 0.29) is 11.7 Å². The summed E-state index contributed by atoms with van der Waals surface area (Å²) in [5.74, 6) is 0.326. The Kier molecular flexibility index (Phi) is 3.04. The van der Waals surface area contributed by atoms with Crippen molar-refractivity contribution >= 4 is 21.7 Å². The highest BCUT2D eigenvalue weighted by atomic mass is 79.9. The maximum Gasteiger partial charge on any atom is 0.168 e. The summed E-state index contributed by atoms with van der Waals surface area (Å²) in [6.45, 7) is 0.727. The topological polar surface area (TPSA) is 34.9 Å². The molecule has 1 heterocycles. The first kappa shape index (κ1) is 11.7. The van der Waals surface area contributed by atoms with E-state index < -0.39 is 0 Å². The first-order valence-corrected chi connectivity index (χ1v) is 6.82. The van der Waals surface area contributed by atoms with Gasteiger partial charge in [0.2, 0.25) is 0 Å². The van der Waals surface area contributed by atoms with E-state index in [4.69, 9.17) is 0 Å². The molecule has 1 unspecified atom stereocenters. The van der Waals surface area contributed by atoms with Crippen molar-refractivity contribution in [3.05, 3.63) is 52.5 Å². The van der Waals surface area contributed by atoms with E-state index in [1.165, 1.54) is 0 Å². The van der Waals surface area contributed by atoms with Gasteiger partial charge in [0.15, 0.2) is 5.78 Å². The van der Waals surface area contributed by atoms with Crippen LogP contribution in [-0.2, 0) is 13.0 Å². The van der Waals surface area contributed by atoms with Crippen LogP contribution in [-0.4, -0.2) is 15.3 Å². The molecule has 3 nitrogen and oxygen atoms in total. The lowest BCUT2D eigenvalue weighted by atomic mass is 9.82. The first-order chi connectivity index (χ1) is 8.75. The van der Waals surface area contributed by atoms with Gasteiger partial charge in [-0.2, -0.15) is 0 Å². The number of carbonyl (C=O) groups excluding carboxylic acids is 1. The summed E-state index contributed by atoms with van der Waals surface area (Å²) in [4.78, 5) is 16.5. The van der Waals surface area contributed by atoms with Crippen LogP contribution in [0.2, 0.25) is 0 Å². The van der Waals surface area contributed by atoms with E-state index in [1.807, 2.05) is 29.0 Å². The van der Waals surface area contributed by atoms with E-state index in [1.54, 1.807) is 12.5 Å². The Morgan fingerprint density at radius 2 is 2.33 bits per heavy atom. The standard InChI is InChI=1S/C14H13BrN2O/c15-13-3-1-2-12-11(13)5-4-10(14(12)18)8-17-7-6-16-9-17/h1-3,6-7,9-10H,4-5,8H2. The van der Waals surface area contributed by atoms with E-state index in [0.717, 1.165) is 35.0 Å². The highest BCUT2D eigenvalue weighted by Crippen LogP contribution is 2.31. The fourth-order valence-electron chi connectivity index (χ4n) is 2.54. The van der Waals surface area contributed by atoms with Crippen LogP contribution in [0.1, 0.15) is 22.3 Å². The van der Waals surface area contributed by atoms with Crippen molar-refractivity contribution in [1.82, 2.24) is 9.55 Å². The third-order valence-electron chi connectivity index (χ3n) is 3.49. The van der Waals surface area contributed by atoms with Crippen LogP contribution in [0.4, 0.5) is 0 Å². The van der Waals surface area contributed by atoms with Crippen LogP contribution in [0.15, 0.2) is 41.4 Å². The summed E-state index contributed by atoms with van der Waals surface area (Å²) in [5.41, 5.74) is 2.03. The summed E-state index contributed by atoms with van der Waals surface area (Å²) < 4.78 is 3.03. The summed E-state index contributed by atoms with van der Waals surface area (Å²) >= 11 is 3.52. The highest BCUT2D eigenvalue weighted by molar-refractivity contribution is 9.10. The molecule has 0 radical (unpaired) electrons. The number of hydrogen-bond donors (Lipinski definition) is 0. The molecule has 18 heavy (non-hydrogen) atoms. The third kappa shape index (κ3) is 2.01. The lowest BCUT2D eigenvalue weighted by Gasteiger charge is -2.24. The van der Waals surface area contributed by atoms with Crippen molar-refractivity contribution in [1.29, 1.82) is 0 Å². The number of carbonyl (C=O) groups is 1. The van der Waals surface area contributed by atoms with Crippen LogP contribution in [0, 0.1) is 5.92 Å². The van der Waals surface area contributed by atoms with Gasteiger partial charge in [-0.05, 0) is 24.5 Å². The molecule has 0 N–H and O–H groups in total. The van der Waals surface area contributed by atoms with Gasteiger partial charge in [-0.15, -0.1) is 0 Å². The minimum Gasteiger partial charge on any atom is -0.337 e. The third-order valence-corrected chi connectivity index (χ3v) is 4.23. The Hall–Kier alpha value is -1.42. The molecule has 1 aliphatic carbocycles. The molecule has 0 fully saturated rings. The van der Waals surface area contributed by atoms with Crippen LogP contribution in [0.3, 0.4) is 0 Å². The van der Waals surface area contributed by atoms with Crippen LogP contribution in [0.25, 0.3) is 0 Å². The number of benzene rings is 1. The molecule has 1 aromatic heterocycles. The number of hydrogen-bond acceptors (Lipinski definition) is 2. The number of rotatable bonds is 2. The van der Waals surface area contributed by atoms with Gasteiger partial charge in [-0.1, -0.05) is 28.1 Å². The number of aromatic nitrogens is 2. The molecule has 4 heteroatoms. The van der Waals surface area contributed by atoms with E-state index in [9.17, 15) is 4.79 Å². The SMILES string of the molecule is O=C1c2cccc(Br)c2CCC1Cn1ccnc1. The summed E-state index contributed by atoms with van der Waals surface area (Å²) in [6.07, 6.45) is 7.29. The molecule has 0 saturated carbocycles. The number of fused-ring (bicyclic) bond motifs is 1. The average molecular weight is 305 g/mol. The van der Waals surface area contributed by atoms with Crippen molar-refractivity contribution in [2.75, 3.05) is 0 Å².